The fraction of sp³-hybridized carbons (Fsp3) is 0.280. The van der Waals surface area contributed by atoms with Crippen molar-refractivity contribution in [1.29, 1.82) is 0 Å². The normalized spacial score (nSPS) is 14.4. The number of thioether (sulfide) groups is 1. The molecule has 1 fully saturated rings. The third-order valence-electron chi connectivity index (χ3n) is 5.63. The highest BCUT2D eigenvalue weighted by Crippen LogP contribution is 2.33. The fourth-order valence-corrected chi connectivity index (χ4v) is 4.66. The number of rotatable bonds is 7. The van der Waals surface area contributed by atoms with Crippen LogP contribution in [0.2, 0.25) is 0 Å². The van der Waals surface area contributed by atoms with Gasteiger partial charge in [0.1, 0.15) is 0 Å². The molecule has 0 saturated heterocycles. The van der Waals surface area contributed by atoms with E-state index in [9.17, 15) is 4.79 Å². The molecule has 2 aromatic carbocycles. The molecule has 1 amide bonds. The first-order valence-corrected chi connectivity index (χ1v) is 11.9. The van der Waals surface area contributed by atoms with E-state index >= 15 is 0 Å². The number of nitrogens with zero attached hydrogens (tertiary/aromatic N) is 4. The van der Waals surface area contributed by atoms with Gasteiger partial charge in [-0.25, -0.2) is 4.98 Å². The van der Waals surface area contributed by atoms with Crippen molar-refractivity contribution in [2.75, 3.05) is 0 Å². The van der Waals surface area contributed by atoms with Crippen LogP contribution in [-0.2, 0) is 11.3 Å². The van der Waals surface area contributed by atoms with Gasteiger partial charge in [-0.15, -0.1) is 10.2 Å². The Morgan fingerprint density at radius 1 is 1.12 bits per heavy atom. The van der Waals surface area contributed by atoms with E-state index < -0.39 is 0 Å². The molecule has 1 aliphatic carbocycles. The van der Waals surface area contributed by atoms with E-state index in [2.05, 4.69) is 51.3 Å². The third kappa shape index (κ3) is 4.12. The zero-order valence-corrected chi connectivity index (χ0v) is 19.0. The van der Waals surface area contributed by atoms with E-state index in [-0.39, 0.29) is 11.2 Å². The lowest BCUT2D eigenvalue weighted by Gasteiger charge is -2.13. The number of hydrogen-bond acceptors (Lipinski definition) is 5. The molecule has 4 aromatic rings. The van der Waals surface area contributed by atoms with Crippen LogP contribution in [0.4, 0.5) is 0 Å². The summed E-state index contributed by atoms with van der Waals surface area (Å²) in [5.74, 6) is 0.853. The van der Waals surface area contributed by atoms with E-state index in [1.165, 1.54) is 11.8 Å². The predicted octanol–water partition coefficient (Wildman–Crippen LogP) is 4.94. The maximum atomic E-state index is 12.5. The Kier molecular flexibility index (Phi) is 5.66. The molecule has 2 heterocycles. The number of para-hydroxylation sites is 1. The SMILES string of the molecule is CCn1c(S[C@@H](C)C(=O)NC2CC2)nnc1-c1cc(-c2ccccc2)nc2ccccc12. The van der Waals surface area contributed by atoms with Crippen molar-refractivity contribution in [2.45, 2.75) is 49.7 Å². The van der Waals surface area contributed by atoms with Crippen LogP contribution in [0.1, 0.15) is 26.7 Å². The van der Waals surface area contributed by atoms with Gasteiger partial charge in [0, 0.05) is 29.1 Å². The lowest BCUT2D eigenvalue weighted by atomic mass is 10.0. The third-order valence-corrected chi connectivity index (χ3v) is 6.72. The second-order valence-corrected chi connectivity index (χ2v) is 9.34. The van der Waals surface area contributed by atoms with Gasteiger partial charge in [0.2, 0.25) is 5.91 Å². The van der Waals surface area contributed by atoms with Gasteiger partial charge in [-0.1, -0.05) is 60.3 Å². The molecule has 32 heavy (non-hydrogen) atoms. The van der Waals surface area contributed by atoms with Crippen LogP contribution < -0.4 is 5.32 Å². The summed E-state index contributed by atoms with van der Waals surface area (Å²) >= 11 is 1.46. The van der Waals surface area contributed by atoms with E-state index in [1.54, 1.807) is 0 Å². The Bertz CT molecular complexity index is 1270. The lowest BCUT2D eigenvalue weighted by molar-refractivity contribution is -0.120. The predicted molar refractivity (Wildman–Crippen MR) is 128 cm³/mol. The molecule has 0 aliphatic heterocycles. The molecule has 6 nitrogen and oxygen atoms in total. The van der Waals surface area contributed by atoms with Gasteiger partial charge in [0.05, 0.1) is 16.5 Å². The molecule has 0 radical (unpaired) electrons. The Balaban J connectivity index is 1.55. The van der Waals surface area contributed by atoms with Gasteiger partial charge in [0.25, 0.3) is 0 Å². The monoisotopic (exact) mass is 443 g/mol. The van der Waals surface area contributed by atoms with Crippen LogP contribution in [0.3, 0.4) is 0 Å². The molecule has 0 bridgehead atoms. The highest BCUT2D eigenvalue weighted by molar-refractivity contribution is 8.00. The molecule has 1 atom stereocenters. The van der Waals surface area contributed by atoms with Crippen molar-refractivity contribution in [2.24, 2.45) is 0 Å². The molecular weight excluding hydrogens is 418 g/mol. The number of nitrogens with one attached hydrogen (secondary N) is 1. The lowest BCUT2D eigenvalue weighted by Crippen LogP contribution is -2.32. The maximum absolute atomic E-state index is 12.5. The number of benzene rings is 2. The minimum atomic E-state index is -0.230. The molecule has 1 aliphatic rings. The van der Waals surface area contributed by atoms with Crippen LogP contribution in [0.5, 0.6) is 0 Å². The Morgan fingerprint density at radius 2 is 1.88 bits per heavy atom. The molecule has 1 saturated carbocycles. The number of carbonyl (C=O) groups is 1. The van der Waals surface area contributed by atoms with Crippen molar-refractivity contribution >= 4 is 28.6 Å². The van der Waals surface area contributed by atoms with Crippen LogP contribution in [0, 0.1) is 0 Å². The largest absolute Gasteiger partial charge is 0.352 e. The maximum Gasteiger partial charge on any atom is 0.233 e. The molecular formula is C25H25N5OS. The smallest absolute Gasteiger partial charge is 0.233 e. The summed E-state index contributed by atoms with van der Waals surface area (Å²) < 4.78 is 2.09. The molecule has 5 rings (SSSR count). The van der Waals surface area contributed by atoms with Gasteiger partial charge in [-0.2, -0.15) is 0 Å². The first-order valence-electron chi connectivity index (χ1n) is 11.0. The molecule has 0 unspecified atom stereocenters. The molecule has 0 spiro atoms. The van der Waals surface area contributed by atoms with Crippen molar-refractivity contribution in [3.05, 3.63) is 60.7 Å². The van der Waals surface area contributed by atoms with Crippen molar-refractivity contribution in [1.82, 2.24) is 25.1 Å². The summed E-state index contributed by atoms with van der Waals surface area (Å²) in [5, 5.41) is 13.7. The minimum absolute atomic E-state index is 0.0606. The highest BCUT2D eigenvalue weighted by Gasteiger charge is 2.27. The number of fused-ring (bicyclic) bond motifs is 1. The summed E-state index contributed by atoms with van der Waals surface area (Å²) in [6.45, 7) is 4.71. The summed E-state index contributed by atoms with van der Waals surface area (Å²) in [7, 11) is 0. The summed E-state index contributed by atoms with van der Waals surface area (Å²) in [6.07, 6.45) is 2.16. The van der Waals surface area contributed by atoms with Crippen LogP contribution in [0.25, 0.3) is 33.5 Å². The second-order valence-electron chi connectivity index (χ2n) is 8.03. The average molecular weight is 444 g/mol. The van der Waals surface area contributed by atoms with Crippen LogP contribution in [-0.4, -0.2) is 36.9 Å². The molecule has 1 N–H and O–H groups in total. The topological polar surface area (TPSA) is 72.7 Å². The number of amides is 1. The van der Waals surface area contributed by atoms with E-state index in [4.69, 9.17) is 4.98 Å². The average Bonchev–Trinajstić information content (AvgIpc) is 3.56. The van der Waals surface area contributed by atoms with Crippen molar-refractivity contribution in [3.63, 3.8) is 0 Å². The Hall–Kier alpha value is -3.19. The summed E-state index contributed by atoms with van der Waals surface area (Å²) in [6, 6.07) is 20.7. The quantitative estimate of drug-likeness (QED) is 0.410. The number of hydrogen-bond donors (Lipinski definition) is 1. The highest BCUT2D eigenvalue weighted by atomic mass is 32.2. The zero-order valence-electron chi connectivity index (χ0n) is 18.2. The second kappa shape index (κ2) is 8.74. The van der Waals surface area contributed by atoms with Crippen molar-refractivity contribution in [3.8, 4) is 22.6 Å². The van der Waals surface area contributed by atoms with Gasteiger partial charge in [-0.05, 0) is 38.8 Å². The van der Waals surface area contributed by atoms with Crippen LogP contribution >= 0.6 is 11.8 Å². The standard InChI is InChI=1S/C25H25N5OS/c1-3-30-23(28-29-25(30)32-16(2)24(31)26-18-13-14-18)20-15-22(17-9-5-4-6-10-17)27-21-12-8-7-11-19(20)21/h4-12,15-16,18H,3,13-14H2,1-2H3,(H,26,31)/t16-/m0/s1. The Morgan fingerprint density at radius 3 is 2.62 bits per heavy atom. The van der Waals surface area contributed by atoms with E-state index in [0.717, 1.165) is 51.5 Å². The van der Waals surface area contributed by atoms with E-state index in [1.807, 2.05) is 43.3 Å². The van der Waals surface area contributed by atoms with Gasteiger partial charge < -0.3 is 9.88 Å². The zero-order chi connectivity index (χ0) is 22.1. The molecule has 2 aromatic heterocycles. The first-order chi connectivity index (χ1) is 15.6. The van der Waals surface area contributed by atoms with Crippen molar-refractivity contribution < 1.29 is 4.79 Å². The number of carbonyl (C=O) groups excluding carboxylic acids is 1. The minimum Gasteiger partial charge on any atom is -0.352 e. The van der Waals surface area contributed by atoms with Crippen LogP contribution in [0.15, 0.2) is 65.8 Å². The number of pyridine rings is 1. The summed E-state index contributed by atoms with van der Waals surface area (Å²) in [4.78, 5) is 17.3. The Labute approximate surface area is 191 Å². The fourth-order valence-electron chi connectivity index (χ4n) is 3.74. The number of aromatic nitrogens is 4. The molecule has 162 valence electrons. The summed E-state index contributed by atoms with van der Waals surface area (Å²) in [5.41, 5.74) is 3.87. The molecule has 7 heteroatoms. The van der Waals surface area contributed by atoms with Gasteiger partial charge >= 0.3 is 0 Å². The van der Waals surface area contributed by atoms with E-state index in [0.29, 0.717) is 12.6 Å². The van der Waals surface area contributed by atoms with Gasteiger partial charge in [0.15, 0.2) is 11.0 Å². The first kappa shape index (κ1) is 20.7. The van der Waals surface area contributed by atoms with Gasteiger partial charge in [-0.3, -0.25) is 4.79 Å².